The molecule has 0 aliphatic carbocycles. The highest BCUT2D eigenvalue weighted by Gasteiger charge is 2.49. The average Bonchev–Trinajstić information content (AvgIpc) is 2.73. The van der Waals surface area contributed by atoms with Crippen LogP contribution in [0.25, 0.3) is 0 Å². The topological polar surface area (TPSA) is 46.2 Å². The lowest BCUT2D eigenvalue weighted by Crippen LogP contribution is -2.58. The molecule has 23 heavy (non-hydrogen) atoms. The van der Waals surface area contributed by atoms with Gasteiger partial charge in [0, 0.05) is 13.0 Å². The molecule has 0 aromatic heterocycles. The van der Waals surface area contributed by atoms with Crippen LogP contribution in [-0.4, -0.2) is 29.5 Å². The number of rotatable bonds is 2. The molecule has 1 aromatic carbocycles. The van der Waals surface area contributed by atoms with E-state index in [1.165, 1.54) is 19.2 Å². The zero-order valence-electron chi connectivity index (χ0n) is 12.7. The maximum absolute atomic E-state index is 12.8. The number of imide groups is 1. The van der Waals surface area contributed by atoms with Gasteiger partial charge in [0.15, 0.2) is 0 Å². The van der Waals surface area contributed by atoms with Gasteiger partial charge in [-0.2, -0.15) is 17.7 Å². The second-order valence-electron chi connectivity index (χ2n) is 5.79. The largest absolute Gasteiger partial charge is 0.424 e. The van der Waals surface area contributed by atoms with Gasteiger partial charge in [-0.3, -0.25) is 0 Å². The number of benzene rings is 1. The fourth-order valence-corrected chi connectivity index (χ4v) is 2.95. The van der Waals surface area contributed by atoms with Crippen molar-refractivity contribution in [2.45, 2.75) is 38.5 Å². The first-order valence-electron chi connectivity index (χ1n) is 7.11. The highest BCUT2D eigenvalue weighted by Crippen LogP contribution is 2.36. The minimum Gasteiger partial charge on any atom is -0.301 e. The highest BCUT2D eigenvalue weighted by molar-refractivity contribution is 6.32. The maximum atomic E-state index is 12.8. The van der Waals surface area contributed by atoms with E-state index in [-0.39, 0.29) is 24.1 Å². The number of amides is 3. The molecule has 126 valence electrons. The number of carbonyl (C=O) groups is 2. The van der Waals surface area contributed by atoms with E-state index in [2.05, 4.69) is 5.32 Å². The summed E-state index contributed by atoms with van der Waals surface area (Å²) < 4.78 is 38.1. The molecule has 1 aliphatic heterocycles. The summed E-state index contributed by atoms with van der Waals surface area (Å²) in [7, 11) is 1.52. The number of urea groups is 1. The van der Waals surface area contributed by atoms with Gasteiger partial charge in [-0.25, -0.2) is 9.59 Å². The van der Waals surface area contributed by atoms with Gasteiger partial charge in [0.05, 0.1) is 24.1 Å². The summed E-state index contributed by atoms with van der Waals surface area (Å²) in [6, 6.07) is 2.82. The molecule has 1 N–H and O–H groups in total. The summed E-state index contributed by atoms with van der Waals surface area (Å²) in [6.45, 7) is 1.62. The zero-order valence-corrected chi connectivity index (χ0v) is 13.5. The van der Waals surface area contributed by atoms with Crippen molar-refractivity contribution in [3.05, 3.63) is 34.3 Å². The second kappa shape index (κ2) is 6.13. The molecule has 1 fully saturated rings. The van der Waals surface area contributed by atoms with Crippen molar-refractivity contribution in [3.8, 4) is 0 Å². The standard InChI is InChI=1S/C15H16ClF3N2O2/c1-9-6-7-12(22)21(9,2)14(23)20-8-10-4-3-5-11(13(10)16)15(17,18)19/h3-5,9H,6-8H2,1-2H3/p+1/t9-,21?/m1/s1. The Kier molecular flexibility index (Phi) is 4.73. The van der Waals surface area contributed by atoms with Gasteiger partial charge in [0.1, 0.15) is 6.04 Å². The van der Waals surface area contributed by atoms with Gasteiger partial charge in [-0.05, 0) is 18.6 Å². The van der Waals surface area contributed by atoms with Crippen molar-refractivity contribution < 1.29 is 27.2 Å². The summed E-state index contributed by atoms with van der Waals surface area (Å²) >= 11 is 5.79. The molecule has 1 saturated heterocycles. The summed E-state index contributed by atoms with van der Waals surface area (Å²) in [4.78, 5) is 24.3. The van der Waals surface area contributed by atoms with Crippen LogP contribution in [0.3, 0.4) is 0 Å². The van der Waals surface area contributed by atoms with Crippen LogP contribution in [0.1, 0.15) is 30.9 Å². The first-order valence-corrected chi connectivity index (χ1v) is 7.49. The lowest BCUT2D eigenvalue weighted by atomic mass is 10.1. The molecule has 0 radical (unpaired) electrons. The Labute approximate surface area is 136 Å². The fourth-order valence-electron chi connectivity index (χ4n) is 2.65. The Hall–Kier alpha value is -1.60. The van der Waals surface area contributed by atoms with E-state index in [0.29, 0.717) is 12.8 Å². The molecule has 1 aliphatic rings. The molecule has 8 heteroatoms. The Morgan fingerprint density at radius 3 is 2.61 bits per heavy atom. The molecule has 2 rings (SSSR count). The monoisotopic (exact) mass is 349 g/mol. The predicted octanol–water partition coefficient (Wildman–Crippen LogP) is 3.72. The molecule has 1 aromatic rings. The van der Waals surface area contributed by atoms with E-state index in [0.717, 1.165) is 6.07 Å². The minimum atomic E-state index is -4.56. The van der Waals surface area contributed by atoms with E-state index in [9.17, 15) is 22.8 Å². The molecular formula is C15H17ClF3N2O2+. The van der Waals surface area contributed by atoms with Gasteiger partial charge in [0.2, 0.25) is 0 Å². The van der Waals surface area contributed by atoms with E-state index in [1.54, 1.807) is 6.92 Å². The number of nitrogens with zero attached hydrogens (tertiary/aromatic N) is 1. The summed E-state index contributed by atoms with van der Waals surface area (Å²) in [6.07, 6.45) is -3.64. The van der Waals surface area contributed by atoms with Crippen molar-refractivity contribution >= 4 is 23.5 Å². The second-order valence-corrected chi connectivity index (χ2v) is 6.17. The van der Waals surface area contributed by atoms with Crippen LogP contribution in [0.15, 0.2) is 18.2 Å². The highest BCUT2D eigenvalue weighted by atomic mass is 35.5. The molecule has 2 atom stereocenters. The summed E-state index contributed by atoms with van der Waals surface area (Å²) in [5.41, 5.74) is -0.794. The molecule has 0 bridgehead atoms. The number of hydrogen-bond acceptors (Lipinski definition) is 2. The number of quaternary nitrogens is 1. The van der Waals surface area contributed by atoms with Crippen molar-refractivity contribution in [3.63, 3.8) is 0 Å². The van der Waals surface area contributed by atoms with Crippen LogP contribution < -0.4 is 5.32 Å². The van der Waals surface area contributed by atoms with Gasteiger partial charge in [0.25, 0.3) is 0 Å². The Morgan fingerprint density at radius 2 is 2.09 bits per heavy atom. The minimum absolute atomic E-state index is 0.153. The fraction of sp³-hybridized carbons (Fsp3) is 0.467. The Balaban J connectivity index is 2.16. The Bertz CT molecular complexity index is 648. The molecule has 1 heterocycles. The van der Waals surface area contributed by atoms with Crippen molar-refractivity contribution in [2.75, 3.05) is 7.05 Å². The van der Waals surface area contributed by atoms with Crippen molar-refractivity contribution in [1.29, 1.82) is 0 Å². The molecule has 1 unspecified atom stereocenters. The molecule has 3 amide bonds. The molecule has 0 spiro atoms. The summed E-state index contributed by atoms with van der Waals surface area (Å²) in [5, 5.41) is 2.08. The molecule has 4 nitrogen and oxygen atoms in total. The first kappa shape index (κ1) is 17.7. The lowest BCUT2D eigenvalue weighted by molar-refractivity contribution is -0.768. The molecule has 0 saturated carbocycles. The van der Waals surface area contributed by atoms with Gasteiger partial charge >= 0.3 is 18.1 Å². The normalized spacial score (nSPS) is 24.8. The predicted molar refractivity (Wildman–Crippen MR) is 78.6 cm³/mol. The number of nitrogens with one attached hydrogen (secondary N) is 1. The van der Waals surface area contributed by atoms with Gasteiger partial charge < -0.3 is 5.32 Å². The number of alkyl halides is 3. The summed E-state index contributed by atoms with van der Waals surface area (Å²) in [5.74, 6) is -0.204. The van der Waals surface area contributed by atoms with Crippen LogP contribution in [-0.2, 0) is 17.5 Å². The van der Waals surface area contributed by atoms with E-state index < -0.39 is 27.3 Å². The molecular weight excluding hydrogens is 333 g/mol. The lowest BCUT2D eigenvalue weighted by Gasteiger charge is -2.28. The van der Waals surface area contributed by atoms with Crippen LogP contribution in [0, 0.1) is 0 Å². The number of likely N-dealkylation sites (tertiary alicyclic amines) is 1. The van der Waals surface area contributed by atoms with Crippen LogP contribution in [0.5, 0.6) is 0 Å². The average molecular weight is 350 g/mol. The SMILES string of the molecule is C[C@@H]1CCC(=O)[N+]1(C)C(=O)NCc1cccc(C(F)(F)F)c1Cl. The first-order chi connectivity index (χ1) is 10.6. The van der Waals surface area contributed by atoms with E-state index in [1.807, 2.05) is 0 Å². The number of halogens is 4. The van der Waals surface area contributed by atoms with Gasteiger partial charge in [-0.15, -0.1) is 0 Å². The van der Waals surface area contributed by atoms with Crippen LogP contribution in [0.2, 0.25) is 5.02 Å². The van der Waals surface area contributed by atoms with E-state index in [4.69, 9.17) is 11.6 Å². The zero-order chi connectivity index (χ0) is 17.4. The Morgan fingerprint density at radius 1 is 1.43 bits per heavy atom. The third-order valence-corrected chi connectivity index (χ3v) is 4.86. The third kappa shape index (κ3) is 3.21. The van der Waals surface area contributed by atoms with Crippen LogP contribution >= 0.6 is 11.6 Å². The van der Waals surface area contributed by atoms with Crippen molar-refractivity contribution in [2.24, 2.45) is 0 Å². The third-order valence-electron chi connectivity index (χ3n) is 4.41. The maximum Gasteiger partial charge on any atom is 0.424 e. The number of hydrogen-bond donors (Lipinski definition) is 1. The van der Waals surface area contributed by atoms with E-state index >= 15 is 0 Å². The quantitative estimate of drug-likeness (QED) is 0.827. The van der Waals surface area contributed by atoms with Crippen molar-refractivity contribution in [1.82, 2.24) is 5.32 Å². The van der Waals surface area contributed by atoms with Crippen LogP contribution in [0.4, 0.5) is 18.0 Å². The smallest absolute Gasteiger partial charge is 0.301 e. The number of carbonyl (C=O) groups excluding carboxylic acids is 2. The van der Waals surface area contributed by atoms with Gasteiger partial charge in [-0.1, -0.05) is 23.7 Å².